The van der Waals surface area contributed by atoms with Gasteiger partial charge in [0, 0.05) is 16.8 Å². The number of aromatic amines is 1. The molecule has 0 aliphatic heterocycles. The molecule has 22 heavy (non-hydrogen) atoms. The van der Waals surface area contributed by atoms with Gasteiger partial charge in [-0.25, -0.2) is 0 Å². The van der Waals surface area contributed by atoms with E-state index in [0.717, 1.165) is 16.9 Å². The molecule has 0 atom stereocenters. The summed E-state index contributed by atoms with van der Waals surface area (Å²) < 4.78 is 5.49. The van der Waals surface area contributed by atoms with Crippen LogP contribution < -0.4 is 5.32 Å². The molecule has 0 bridgehead atoms. The average Bonchev–Trinajstić information content (AvgIpc) is 3.09. The number of nitrogens with zero attached hydrogens (tertiary/aromatic N) is 3. The Balaban J connectivity index is 1.87. The zero-order valence-electron chi connectivity index (χ0n) is 12.5. The first kappa shape index (κ1) is 14.0. The topological polar surface area (TPSA) is 96.7 Å². The fraction of sp³-hybridized carbons (Fsp3) is 0.200. The summed E-state index contributed by atoms with van der Waals surface area (Å²) in [5.41, 5.74) is 2.85. The molecule has 2 heterocycles. The third-order valence-electron chi connectivity index (χ3n) is 3.51. The first-order valence-electron chi connectivity index (χ1n) is 6.78. The van der Waals surface area contributed by atoms with E-state index in [1.807, 2.05) is 26.0 Å². The van der Waals surface area contributed by atoms with Gasteiger partial charge in [0.2, 0.25) is 5.82 Å². The maximum atomic E-state index is 12.4. The number of amides is 1. The van der Waals surface area contributed by atoms with Crippen LogP contribution in [0.25, 0.3) is 11.4 Å². The lowest BCUT2D eigenvalue weighted by Gasteiger charge is -2.06. The van der Waals surface area contributed by atoms with Gasteiger partial charge in [-0.05, 0) is 38.1 Å². The number of carbonyl (C=O) groups excluding carboxylic acids is 1. The van der Waals surface area contributed by atoms with Gasteiger partial charge in [-0.15, -0.1) is 10.2 Å². The largest absolute Gasteiger partial charge is 0.466 e. The number of aryl methyl sites for hydroxylation is 2. The summed E-state index contributed by atoms with van der Waals surface area (Å²) in [6.45, 7) is 5.50. The van der Waals surface area contributed by atoms with Crippen LogP contribution in [0.4, 0.5) is 5.69 Å². The Kier molecular flexibility index (Phi) is 3.46. The van der Waals surface area contributed by atoms with Crippen molar-refractivity contribution in [2.24, 2.45) is 0 Å². The van der Waals surface area contributed by atoms with Crippen LogP contribution >= 0.6 is 0 Å². The number of anilines is 1. The lowest BCUT2D eigenvalue weighted by Crippen LogP contribution is -2.13. The Morgan fingerprint density at radius 1 is 1.23 bits per heavy atom. The Hall–Kier alpha value is -2.96. The standard InChI is InChI=1S/C15H15N5O2/c1-8-9(2)22-10(3)13(8)15(21)16-12-6-4-5-11(7-12)14-17-19-20-18-14/h4-7H,1-3H3,(H,16,21)(H,17,18,19,20). The van der Waals surface area contributed by atoms with Crippen molar-refractivity contribution in [3.8, 4) is 11.4 Å². The minimum Gasteiger partial charge on any atom is -0.466 e. The predicted molar refractivity (Wildman–Crippen MR) is 80.5 cm³/mol. The van der Waals surface area contributed by atoms with E-state index in [-0.39, 0.29) is 5.91 Å². The number of hydrogen-bond acceptors (Lipinski definition) is 5. The maximum absolute atomic E-state index is 12.4. The first-order chi connectivity index (χ1) is 10.6. The number of aromatic nitrogens is 4. The van der Waals surface area contributed by atoms with Crippen LogP contribution in [0, 0.1) is 20.8 Å². The van der Waals surface area contributed by atoms with Crippen LogP contribution in [-0.4, -0.2) is 26.5 Å². The van der Waals surface area contributed by atoms with E-state index in [1.165, 1.54) is 0 Å². The molecule has 3 aromatic rings. The summed E-state index contributed by atoms with van der Waals surface area (Å²) in [4.78, 5) is 12.4. The van der Waals surface area contributed by atoms with Crippen LogP contribution in [0.1, 0.15) is 27.4 Å². The number of hydrogen-bond donors (Lipinski definition) is 2. The highest BCUT2D eigenvalue weighted by atomic mass is 16.3. The zero-order valence-corrected chi connectivity index (χ0v) is 12.5. The molecule has 0 saturated heterocycles. The number of H-pyrrole nitrogens is 1. The Labute approximate surface area is 126 Å². The monoisotopic (exact) mass is 297 g/mol. The Morgan fingerprint density at radius 3 is 2.68 bits per heavy atom. The highest BCUT2D eigenvalue weighted by Crippen LogP contribution is 2.23. The number of benzene rings is 1. The van der Waals surface area contributed by atoms with Crippen LogP contribution in [0.3, 0.4) is 0 Å². The third kappa shape index (κ3) is 2.48. The van der Waals surface area contributed by atoms with E-state index in [9.17, 15) is 4.79 Å². The normalized spacial score (nSPS) is 10.7. The summed E-state index contributed by atoms with van der Waals surface area (Å²) in [5.74, 6) is 1.64. The van der Waals surface area contributed by atoms with E-state index >= 15 is 0 Å². The van der Waals surface area contributed by atoms with E-state index in [2.05, 4.69) is 25.9 Å². The molecule has 0 fully saturated rings. The molecule has 1 aromatic carbocycles. The number of nitrogens with one attached hydrogen (secondary N) is 2. The fourth-order valence-corrected chi connectivity index (χ4v) is 2.34. The first-order valence-corrected chi connectivity index (χ1v) is 6.78. The van der Waals surface area contributed by atoms with Crippen molar-refractivity contribution < 1.29 is 9.21 Å². The molecule has 0 aliphatic rings. The number of tetrazole rings is 1. The molecule has 1 amide bonds. The second-order valence-electron chi connectivity index (χ2n) is 4.98. The molecule has 112 valence electrons. The van der Waals surface area contributed by atoms with Gasteiger partial charge in [0.05, 0.1) is 5.56 Å². The van der Waals surface area contributed by atoms with Crippen molar-refractivity contribution in [1.29, 1.82) is 0 Å². The number of rotatable bonds is 3. The van der Waals surface area contributed by atoms with Gasteiger partial charge < -0.3 is 9.73 Å². The molecule has 7 nitrogen and oxygen atoms in total. The van der Waals surface area contributed by atoms with Crippen molar-refractivity contribution in [3.05, 3.63) is 46.9 Å². The molecule has 2 N–H and O–H groups in total. The molecule has 0 spiro atoms. The lowest BCUT2D eigenvalue weighted by molar-refractivity contribution is 0.102. The highest BCUT2D eigenvalue weighted by Gasteiger charge is 2.18. The summed E-state index contributed by atoms with van der Waals surface area (Å²) in [6, 6.07) is 7.26. The quantitative estimate of drug-likeness (QED) is 0.774. The Bertz CT molecular complexity index is 821. The third-order valence-corrected chi connectivity index (χ3v) is 3.51. The van der Waals surface area contributed by atoms with Gasteiger partial charge in [-0.2, -0.15) is 5.21 Å². The SMILES string of the molecule is Cc1oc(C)c(C(=O)Nc2cccc(-c3nn[nH]n3)c2)c1C. The maximum Gasteiger partial charge on any atom is 0.259 e. The molecular formula is C15H15N5O2. The Morgan fingerprint density at radius 2 is 2.05 bits per heavy atom. The van der Waals surface area contributed by atoms with E-state index in [0.29, 0.717) is 22.8 Å². The highest BCUT2D eigenvalue weighted by molar-refractivity contribution is 6.06. The second kappa shape index (κ2) is 5.44. The van der Waals surface area contributed by atoms with Crippen molar-refractivity contribution >= 4 is 11.6 Å². The molecule has 0 saturated carbocycles. The minimum atomic E-state index is -0.197. The molecular weight excluding hydrogens is 282 g/mol. The van der Waals surface area contributed by atoms with Crippen LogP contribution in [0.5, 0.6) is 0 Å². The van der Waals surface area contributed by atoms with Crippen LogP contribution in [-0.2, 0) is 0 Å². The van der Waals surface area contributed by atoms with Crippen molar-refractivity contribution in [1.82, 2.24) is 20.6 Å². The van der Waals surface area contributed by atoms with Gasteiger partial charge in [0.1, 0.15) is 11.5 Å². The minimum absolute atomic E-state index is 0.197. The van der Waals surface area contributed by atoms with Gasteiger partial charge in [0.25, 0.3) is 5.91 Å². The van der Waals surface area contributed by atoms with Gasteiger partial charge in [-0.1, -0.05) is 12.1 Å². The molecule has 0 unspecified atom stereocenters. The summed E-state index contributed by atoms with van der Waals surface area (Å²) in [7, 11) is 0. The van der Waals surface area contributed by atoms with Gasteiger partial charge in [-0.3, -0.25) is 4.79 Å². The molecule has 2 aromatic heterocycles. The molecule has 0 aliphatic carbocycles. The molecule has 7 heteroatoms. The smallest absolute Gasteiger partial charge is 0.259 e. The molecule has 0 radical (unpaired) electrons. The summed E-state index contributed by atoms with van der Waals surface area (Å²) >= 11 is 0. The zero-order chi connectivity index (χ0) is 15.7. The summed E-state index contributed by atoms with van der Waals surface area (Å²) in [5, 5.41) is 16.6. The van der Waals surface area contributed by atoms with Crippen LogP contribution in [0.2, 0.25) is 0 Å². The van der Waals surface area contributed by atoms with Crippen molar-refractivity contribution in [3.63, 3.8) is 0 Å². The van der Waals surface area contributed by atoms with E-state index in [1.54, 1.807) is 19.1 Å². The summed E-state index contributed by atoms with van der Waals surface area (Å²) in [6.07, 6.45) is 0. The van der Waals surface area contributed by atoms with Crippen molar-refractivity contribution in [2.45, 2.75) is 20.8 Å². The predicted octanol–water partition coefficient (Wildman–Crippen LogP) is 2.64. The van der Waals surface area contributed by atoms with Gasteiger partial charge >= 0.3 is 0 Å². The second-order valence-corrected chi connectivity index (χ2v) is 4.98. The number of carbonyl (C=O) groups is 1. The molecule has 3 rings (SSSR count). The fourth-order valence-electron chi connectivity index (χ4n) is 2.34. The van der Waals surface area contributed by atoms with Crippen LogP contribution in [0.15, 0.2) is 28.7 Å². The van der Waals surface area contributed by atoms with Gasteiger partial charge in [0.15, 0.2) is 0 Å². The van der Waals surface area contributed by atoms with E-state index in [4.69, 9.17) is 4.42 Å². The lowest BCUT2D eigenvalue weighted by atomic mass is 10.1. The van der Waals surface area contributed by atoms with E-state index < -0.39 is 0 Å². The average molecular weight is 297 g/mol. The number of furan rings is 1. The van der Waals surface area contributed by atoms with Crippen molar-refractivity contribution in [2.75, 3.05) is 5.32 Å².